The van der Waals surface area contributed by atoms with Gasteiger partial charge in [0, 0.05) is 13.1 Å². The summed E-state index contributed by atoms with van der Waals surface area (Å²) in [5.74, 6) is -0.907. The van der Waals surface area contributed by atoms with Crippen molar-refractivity contribution < 1.29 is 22.7 Å². The highest BCUT2D eigenvalue weighted by molar-refractivity contribution is 7.91. The second-order valence-electron chi connectivity index (χ2n) is 7.46. The first-order valence-electron chi connectivity index (χ1n) is 8.23. The van der Waals surface area contributed by atoms with Crippen molar-refractivity contribution in [1.82, 2.24) is 4.90 Å². The van der Waals surface area contributed by atoms with E-state index in [1.54, 1.807) is 19.2 Å². The molecule has 1 amide bonds. The molecule has 2 rings (SSSR count). The third-order valence-electron chi connectivity index (χ3n) is 4.46. The molecule has 138 valence electrons. The molecule has 1 aromatic carbocycles. The van der Waals surface area contributed by atoms with Crippen molar-refractivity contribution >= 4 is 21.7 Å². The molecule has 25 heavy (non-hydrogen) atoms. The number of amides is 1. The first-order valence-corrected chi connectivity index (χ1v) is 10.1. The number of carbonyl (C=O) groups is 2. The fourth-order valence-electron chi connectivity index (χ4n) is 2.70. The fraction of sp³-hybridized carbons (Fsp3) is 0.556. The lowest BCUT2D eigenvalue weighted by molar-refractivity contribution is -0.134. The maximum atomic E-state index is 12.1. The summed E-state index contributed by atoms with van der Waals surface area (Å²) >= 11 is 0. The molecular formula is C18H25NO5S. The van der Waals surface area contributed by atoms with E-state index in [-0.39, 0.29) is 23.0 Å². The molecule has 0 radical (unpaired) electrons. The Morgan fingerprint density at radius 1 is 1.20 bits per heavy atom. The molecule has 7 heteroatoms. The molecule has 1 unspecified atom stereocenters. The van der Waals surface area contributed by atoms with Crippen LogP contribution in [-0.4, -0.2) is 56.4 Å². The van der Waals surface area contributed by atoms with Gasteiger partial charge in [0.1, 0.15) is 0 Å². The van der Waals surface area contributed by atoms with E-state index in [2.05, 4.69) is 20.8 Å². The molecule has 0 bridgehead atoms. The van der Waals surface area contributed by atoms with Crippen molar-refractivity contribution in [1.29, 1.82) is 0 Å². The van der Waals surface area contributed by atoms with Crippen LogP contribution in [0.2, 0.25) is 0 Å². The van der Waals surface area contributed by atoms with Crippen LogP contribution in [0.25, 0.3) is 0 Å². The van der Waals surface area contributed by atoms with Gasteiger partial charge in [0.05, 0.1) is 17.1 Å². The third kappa shape index (κ3) is 5.04. The van der Waals surface area contributed by atoms with Gasteiger partial charge in [0.2, 0.25) is 0 Å². The second kappa shape index (κ2) is 7.15. The minimum atomic E-state index is -3.07. The van der Waals surface area contributed by atoms with Gasteiger partial charge >= 0.3 is 5.97 Å². The van der Waals surface area contributed by atoms with Crippen LogP contribution in [-0.2, 0) is 24.8 Å². The predicted molar refractivity (Wildman–Crippen MR) is 95.3 cm³/mol. The van der Waals surface area contributed by atoms with E-state index in [0.29, 0.717) is 12.0 Å². The Morgan fingerprint density at radius 3 is 2.28 bits per heavy atom. The van der Waals surface area contributed by atoms with Gasteiger partial charge in [-0.2, -0.15) is 0 Å². The van der Waals surface area contributed by atoms with Crippen LogP contribution in [0.3, 0.4) is 0 Å². The molecule has 0 saturated carbocycles. The van der Waals surface area contributed by atoms with Gasteiger partial charge in [-0.25, -0.2) is 13.2 Å². The standard InChI is InChI=1S/C18H25NO5S/c1-18(2,3)14-7-5-13(6-8-14)17(21)24-11-16(20)19(4)15-9-10-25(22,23)12-15/h5-8,15H,9-12H2,1-4H3. The Balaban J connectivity index is 1.90. The molecule has 1 aliphatic rings. The highest BCUT2D eigenvalue weighted by atomic mass is 32.2. The third-order valence-corrected chi connectivity index (χ3v) is 6.21. The Kier molecular flexibility index (Phi) is 5.56. The number of hydrogen-bond donors (Lipinski definition) is 0. The predicted octanol–water partition coefficient (Wildman–Crippen LogP) is 1.79. The summed E-state index contributed by atoms with van der Waals surface area (Å²) in [6, 6.07) is 6.76. The largest absolute Gasteiger partial charge is 0.452 e. The lowest BCUT2D eigenvalue weighted by atomic mass is 9.87. The van der Waals surface area contributed by atoms with E-state index < -0.39 is 28.3 Å². The van der Waals surface area contributed by atoms with Gasteiger partial charge in [-0.15, -0.1) is 0 Å². The van der Waals surface area contributed by atoms with Gasteiger partial charge in [-0.1, -0.05) is 32.9 Å². The average molecular weight is 367 g/mol. The van der Waals surface area contributed by atoms with Crippen LogP contribution in [0.15, 0.2) is 24.3 Å². The van der Waals surface area contributed by atoms with Crippen LogP contribution in [0.5, 0.6) is 0 Å². The van der Waals surface area contributed by atoms with Crippen LogP contribution in [0.1, 0.15) is 43.1 Å². The summed E-state index contributed by atoms with van der Waals surface area (Å²) in [6.07, 6.45) is 0.423. The highest BCUT2D eigenvalue weighted by Crippen LogP contribution is 2.22. The number of rotatable bonds is 4. The smallest absolute Gasteiger partial charge is 0.338 e. The molecule has 1 atom stereocenters. The van der Waals surface area contributed by atoms with Crippen LogP contribution in [0.4, 0.5) is 0 Å². The number of sulfone groups is 1. The number of ether oxygens (including phenoxy) is 1. The molecule has 6 nitrogen and oxygen atoms in total. The molecule has 1 aliphatic heterocycles. The maximum Gasteiger partial charge on any atom is 0.338 e. The first kappa shape index (κ1) is 19.4. The number of carbonyl (C=O) groups excluding carboxylic acids is 2. The fourth-order valence-corrected chi connectivity index (χ4v) is 4.48. The summed E-state index contributed by atoms with van der Waals surface area (Å²) < 4.78 is 28.1. The van der Waals surface area contributed by atoms with E-state index in [0.717, 1.165) is 5.56 Å². The van der Waals surface area contributed by atoms with Crippen molar-refractivity contribution in [3.63, 3.8) is 0 Å². The van der Waals surface area contributed by atoms with Gasteiger partial charge in [-0.3, -0.25) is 4.79 Å². The number of benzene rings is 1. The zero-order valence-electron chi connectivity index (χ0n) is 15.1. The monoisotopic (exact) mass is 367 g/mol. The maximum absolute atomic E-state index is 12.1. The SMILES string of the molecule is CN(C(=O)COC(=O)c1ccc(C(C)(C)C)cc1)C1CCS(=O)(=O)C1. The summed E-state index contributed by atoms with van der Waals surface area (Å²) in [6.45, 7) is 5.85. The molecule has 0 spiro atoms. The van der Waals surface area contributed by atoms with E-state index in [1.807, 2.05) is 12.1 Å². The van der Waals surface area contributed by atoms with Gasteiger partial charge in [0.25, 0.3) is 5.91 Å². The average Bonchev–Trinajstić information content (AvgIpc) is 2.90. The summed E-state index contributed by atoms with van der Waals surface area (Å²) in [5, 5.41) is 0. The van der Waals surface area contributed by atoms with Gasteiger partial charge in [0.15, 0.2) is 16.4 Å². The number of esters is 1. The summed E-state index contributed by atoms with van der Waals surface area (Å²) in [7, 11) is -1.52. The van der Waals surface area contributed by atoms with Crippen molar-refractivity contribution in [3.8, 4) is 0 Å². The van der Waals surface area contributed by atoms with Crippen LogP contribution < -0.4 is 0 Å². The van der Waals surface area contributed by atoms with E-state index in [9.17, 15) is 18.0 Å². The van der Waals surface area contributed by atoms with Gasteiger partial charge < -0.3 is 9.64 Å². The van der Waals surface area contributed by atoms with Crippen molar-refractivity contribution in [3.05, 3.63) is 35.4 Å². The molecule has 1 heterocycles. The second-order valence-corrected chi connectivity index (χ2v) is 9.69. The molecule has 1 fully saturated rings. The topological polar surface area (TPSA) is 80.8 Å². The Labute approximate surface area is 149 Å². The lowest BCUT2D eigenvalue weighted by Crippen LogP contribution is -2.40. The zero-order chi connectivity index (χ0) is 18.8. The Bertz CT molecular complexity index is 747. The van der Waals surface area contributed by atoms with E-state index >= 15 is 0 Å². The Morgan fingerprint density at radius 2 is 1.80 bits per heavy atom. The molecule has 0 N–H and O–H groups in total. The molecule has 1 saturated heterocycles. The molecule has 0 aromatic heterocycles. The minimum absolute atomic E-state index is 0.0112. The van der Waals surface area contributed by atoms with Crippen molar-refractivity contribution in [2.24, 2.45) is 0 Å². The van der Waals surface area contributed by atoms with Crippen LogP contribution in [0, 0.1) is 0 Å². The zero-order valence-corrected chi connectivity index (χ0v) is 15.9. The lowest BCUT2D eigenvalue weighted by Gasteiger charge is -2.23. The number of hydrogen-bond acceptors (Lipinski definition) is 5. The van der Waals surface area contributed by atoms with E-state index in [1.165, 1.54) is 4.90 Å². The number of nitrogens with zero attached hydrogens (tertiary/aromatic N) is 1. The molecule has 1 aromatic rings. The first-order chi connectivity index (χ1) is 11.5. The minimum Gasteiger partial charge on any atom is -0.452 e. The quantitative estimate of drug-likeness (QED) is 0.758. The highest BCUT2D eigenvalue weighted by Gasteiger charge is 2.32. The van der Waals surface area contributed by atoms with E-state index in [4.69, 9.17) is 4.74 Å². The summed E-state index contributed by atoms with van der Waals surface area (Å²) in [5.41, 5.74) is 1.47. The normalized spacial score (nSPS) is 19.4. The van der Waals surface area contributed by atoms with Crippen LogP contribution >= 0.6 is 0 Å². The van der Waals surface area contributed by atoms with Crippen molar-refractivity contribution in [2.75, 3.05) is 25.2 Å². The van der Waals surface area contributed by atoms with Gasteiger partial charge in [-0.05, 0) is 29.5 Å². The Hall–Kier alpha value is -1.89. The summed E-state index contributed by atoms with van der Waals surface area (Å²) in [4.78, 5) is 25.5. The molecule has 0 aliphatic carbocycles. The number of likely N-dealkylation sites (N-methyl/N-ethyl adjacent to an activating group) is 1. The molecular weight excluding hydrogens is 342 g/mol. The van der Waals surface area contributed by atoms with Crippen molar-refractivity contribution in [2.45, 2.75) is 38.6 Å².